The van der Waals surface area contributed by atoms with Crippen LogP contribution in [0.3, 0.4) is 0 Å². The first-order valence-corrected chi connectivity index (χ1v) is 8.78. The molecule has 21 heavy (non-hydrogen) atoms. The molecule has 2 N–H and O–H groups in total. The summed E-state index contributed by atoms with van der Waals surface area (Å²) in [6.07, 6.45) is 9.94. The molecule has 1 aliphatic carbocycles. The molecule has 1 saturated carbocycles. The van der Waals surface area contributed by atoms with Crippen LogP contribution in [-0.4, -0.2) is 5.54 Å². The molecule has 0 spiro atoms. The zero-order chi connectivity index (χ0) is 15.3. The fourth-order valence-corrected chi connectivity index (χ4v) is 3.80. The van der Waals surface area contributed by atoms with E-state index < -0.39 is 0 Å². The van der Waals surface area contributed by atoms with Crippen molar-refractivity contribution in [3.05, 3.63) is 35.9 Å². The molecule has 1 nitrogen and oxygen atoms in total. The van der Waals surface area contributed by atoms with E-state index in [9.17, 15) is 0 Å². The predicted molar refractivity (Wildman–Crippen MR) is 92.3 cm³/mol. The van der Waals surface area contributed by atoms with Crippen molar-refractivity contribution < 1.29 is 0 Å². The summed E-state index contributed by atoms with van der Waals surface area (Å²) in [4.78, 5) is 0. The average molecular weight is 287 g/mol. The fraction of sp³-hybridized carbons (Fsp3) is 0.700. The maximum absolute atomic E-state index is 6.67. The van der Waals surface area contributed by atoms with Gasteiger partial charge in [0.15, 0.2) is 0 Å². The molecule has 1 heteroatoms. The molecule has 0 unspecified atom stereocenters. The second-order valence-corrected chi connectivity index (χ2v) is 7.82. The minimum atomic E-state index is 0.106. The van der Waals surface area contributed by atoms with Gasteiger partial charge in [-0.05, 0) is 61.8 Å². The zero-order valence-corrected chi connectivity index (χ0v) is 14.2. The molecular formula is C20H33N. The van der Waals surface area contributed by atoms with E-state index >= 15 is 0 Å². The van der Waals surface area contributed by atoms with Crippen LogP contribution in [0.1, 0.15) is 71.3 Å². The predicted octanol–water partition coefficient (Wildman–Crippen LogP) is 5.33. The normalized spacial score (nSPS) is 26.8. The molecule has 1 aromatic carbocycles. The quantitative estimate of drug-likeness (QED) is 0.751. The van der Waals surface area contributed by atoms with Crippen LogP contribution in [0.2, 0.25) is 0 Å². The third-order valence-electron chi connectivity index (χ3n) is 5.98. The van der Waals surface area contributed by atoms with Crippen LogP contribution >= 0.6 is 0 Å². The van der Waals surface area contributed by atoms with Gasteiger partial charge < -0.3 is 5.73 Å². The third kappa shape index (κ3) is 4.57. The molecule has 0 bridgehead atoms. The van der Waals surface area contributed by atoms with Gasteiger partial charge in [0.1, 0.15) is 0 Å². The van der Waals surface area contributed by atoms with Gasteiger partial charge in [-0.15, -0.1) is 0 Å². The minimum absolute atomic E-state index is 0.106. The molecule has 0 saturated heterocycles. The zero-order valence-electron chi connectivity index (χ0n) is 14.2. The van der Waals surface area contributed by atoms with Gasteiger partial charge in [-0.1, -0.05) is 57.5 Å². The molecule has 0 aliphatic heterocycles. The van der Waals surface area contributed by atoms with Gasteiger partial charge in [0.05, 0.1) is 0 Å². The van der Waals surface area contributed by atoms with Crippen molar-refractivity contribution in [2.24, 2.45) is 17.1 Å². The van der Waals surface area contributed by atoms with E-state index in [4.69, 9.17) is 5.73 Å². The fourth-order valence-electron chi connectivity index (χ4n) is 3.80. The summed E-state index contributed by atoms with van der Waals surface area (Å²) in [6.45, 7) is 7.18. The van der Waals surface area contributed by atoms with E-state index in [-0.39, 0.29) is 5.54 Å². The minimum Gasteiger partial charge on any atom is -0.325 e. The number of aryl methyl sites for hydroxylation is 1. The summed E-state index contributed by atoms with van der Waals surface area (Å²) in [6, 6.07) is 10.8. The van der Waals surface area contributed by atoms with Crippen molar-refractivity contribution in [2.45, 2.75) is 77.7 Å². The van der Waals surface area contributed by atoms with E-state index in [0.29, 0.717) is 5.41 Å². The second-order valence-electron chi connectivity index (χ2n) is 7.82. The SMILES string of the molecule is CCC(C)(C)C1CCC(N)(CCCc2ccccc2)CC1. The molecule has 0 atom stereocenters. The van der Waals surface area contributed by atoms with Gasteiger partial charge in [-0.25, -0.2) is 0 Å². The highest BCUT2D eigenvalue weighted by atomic mass is 14.7. The van der Waals surface area contributed by atoms with Crippen LogP contribution in [0.25, 0.3) is 0 Å². The number of nitrogens with two attached hydrogens (primary N) is 1. The first kappa shape index (κ1) is 16.5. The number of benzene rings is 1. The van der Waals surface area contributed by atoms with E-state index in [1.165, 1.54) is 56.9 Å². The van der Waals surface area contributed by atoms with E-state index in [0.717, 1.165) is 5.92 Å². The Morgan fingerprint density at radius 1 is 1.14 bits per heavy atom. The summed E-state index contributed by atoms with van der Waals surface area (Å²) in [7, 11) is 0. The molecule has 0 heterocycles. The summed E-state index contributed by atoms with van der Waals surface area (Å²) in [5.41, 5.74) is 8.71. The lowest BCUT2D eigenvalue weighted by Gasteiger charge is -2.43. The molecule has 1 aliphatic rings. The van der Waals surface area contributed by atoms with Crippen LogP contribution < -0.4 is 5.73 Å². The lowest BCUT2D eigenvalue weighted by atomic mass is 9.65. The molecule has 0 radical (unpaired) electrons. The Kier molecular flexibility index (Phi) is 5.48. The highest BCUT2D eigenvalue weighted by molar-refractivity contribution is 5.14. The largest absolute Gasteiger partial charge is 0.325 e. The molecule has 1 aromatic rings. The van der Waals surface area contributed by atoms with Crippen LogP contribution in [-0.2, 0) is 6.42 Å². The Bertz CT molecular complexity index is 413. The Hall–Kier alpha value is -0.820. The maximum atomic E-state index is 6.67. The summed E-state index contributed by atoms with van der Waals surface area (Å²) in [5, 5.41) is 0. The Morgan fingerprint density at radius 3 is 2.33 bits per heavy atom. The van der Waals surface area contributed by atoms with Crippen molar-refractivity contribution >= 4 is 0 Å². The van der Waals surface area contributed by atoms with Crippen molar-refractivity contribution in [3.8, 4) is 0 Å². The Morgan fingerprint density at radius 2 is 1.76 bits per heavy atom. The highest BCUT2D eigenvalue weighted by Gasteiger charge is 2.36. The number of rotatable bonds is 6. The van der Waals surface area contributed by atoms with E-state index in [2.05, 4.69) is 51.1 Å². The van der Waals surface area contributed by atoms with Crippen molar-refractivity contribution in [1.29, 1.82) is 0 Å². The summed E-state index contributed by atoms with van der Waals surface area (Å²) in [5.74, 6) is 0.869. The number of hydrogen-bond acceptors (Lipinski definition) is 1. The second kappa shape index (κ2) is 6.96. The van der Waals surface area contributed by atoms with E-state index in [1.807, 2.05) is 0 Å². The Labute approximate surface area is 131 Å². The summed E-state index contributed by atoms with van der Waals surface area (Å²) < 4.78 is 0. The molecule has 0 aromatic heterocycles. The van der Waals surface area contributed by atoms with Gasteiger partial charge in [0.25, 0.3) is 0 Å². The first-order chi connectivity index (χ1) is 9.95. The Balaban J connectivity index is 1.77. The topological polar surface area (TPSA) is 26.0 Å². The van der Waals surface area contributed by atoms with Gasteiger partial charge in [0.2, 0.25) is 0 Å². The van der Waals surface area contributed by atoms with Crippen LogP contribution in [0.5, 0.6) is 0 Å². The summed E-state index contributed by atoms with van der Waals surface area (Å²) >= 11 is 0. The van der Waals surface area contributed by atoms with Crippen molar-refractivity contribution in [3.63, 3.8) is 0 Å². The first-order valence-electron chi connectivity index (χ1n) is 8.78. The van der Waals surface area contributed by atoms with Gasteiger partial charge >= 0.3 is 0 Å². The number of hydrogen-bond donors (Lipinski definition) is 1. The molecule has 2 rings (SSSR count). The van der Waals surface area contributed by atoms with Crippen LogP contribution in [0, 0.1) is 11.3 Å². The third-order valence-corrected chi connectivity index (χ3v) is 5.98. The molecule has 0 amide bonds. The standard InChI is InChI=1S/C20H33N/c1-4-19(2,3)18-12-15-20(21,16-13-18)14-8-11-17-9-6-5-7-10-17/h5-7,9-10,18H,4,8,11-16,21H2,1-3H3. The average Bonchev–Trinajstić information content (AvgIpc) is 2.49. The lowest BCUT2D eigenvalue weighted by molar-refractivity contribution is 0.111. The van der Waals surface area contributed by atoms with Crippen molar-refractivity contribution in [1.82, 2.24) is 0 Å². The van der Waals surface area contributed by atoms with Crippen LogP contribution in [0.15, 0.2) is 30.3 Å². The van der Waals surface area contributed by atoms with Gasteiger partial charge in [-0.2, -0.15) is 0 Å². The maximum Gasteiger partial charge on any atom is 0.0154 e. The van der Waals surface area contributed by atoms with E-state index in [1.54, 1.807) is 0 Å². The molecule has 1 fully saturated rings. The van der Waals surface area contributed by atoms with Gasteiger partial charge in [-0.3, -0.25) is 0 Å². The highest BCUT2D eigenvalue weighted by Crippen LogP contribution is 2.43. The van der Waals surface area contributed by atoms with Crippen molar-refractivity contribution in [2.75, 3.05) is 0 Å². The van der Waals surface area contributed by atoms with Gasteiger partial charge in [0, 0.05) is 5.54 Å². The monoisotopic (exact) mass is 287 g/mol. The van der Waals surface area contributed by atoms with Crippen LogP contribution in [0.4, 0.5) is 0 Å². The lowest BCUT2D eigenvalue weighted by Crippen LogP contribution is -2.45. The molecular weight excluding hydrogens is 254 g/mol. The molecule has 118 valence electrons. The smallest absolute Gasteiger partial charge is 0.0154 e.